The van der Waals surface area contributed by atoms with Crippen molar-refractivity contribution in [3.05, 3.63) is 23.3 Å². The van der Waals surface area contributed by atoms with Gasteiger partial charge in [-0.05, 0) is 96.5 Å². The molecule has 1 nitrogen and oxygen atoms in total. The first-order valence-corrected chi connectivity index (χ1v) is 11.8. The number of allylic oxidation sites excluding steroid dienone is 4. The van der Waals surface area contributed by atoms with Crippen LogP contribution in [-0.2, 0) is 4.79 Å². The highest BCUT2D eigenvalue weighted by Crippen LogP contribution is 2.65. The first kappa shape index (κ1) is 19.5. The van der Waals surface area contributed by atoms with Crippen molar-refractivity contribution >= 4 is 6.29 Å². The zero-order chi connectivity index (χ0) is 19.2. The van der Waals surface area contributed by atoms with Gasteiger partial charge in [0.2, 0.25) is 0 Å². The average Bonchev–Trinajstić information content (AvgIpc) is 3.17. The third-order valence-corrected chi connectivity index (χ3v) is 9.16. The van der Waals surface area contributed by atoms with Gasteiger partial charge in [0.05, 0.1) is 0 Å². The molecule has 2 saturated carbocycles. The summed E-state index contributed by atoms with van der Waals surface area (Å²) in [6.07, 6.45) is 18.1. The first-order chi connectivity index (χ1) is 13.0. The molecule has 0 amide bonds. The Morgan fingerprint density at radius 1 is 1.11 bits per heavy atom. The van der Waals surface area contributed by atoms with Gasteiger partial charge in [-0.15, -0.1) is 0 Å². The Balaban J connectivity index is 1.52. The summed E-state index contributed by atoms with van der Waals surface area (Å²) in [5.41, 5.74) is 2.91. The van der Waals surface area contributed by atoms with Crippen molar-refractivity contribution in [2.75, 3.05) is 0 Å². The van der Waals surface area contributed by atoms with E-state index in [9.17, 15) is 4.79 Å². The molecular formula is C26H40O. The lowest BCUT2D eigenvalue weighted by Gasteiger charge is -2.46. The molecule has 0 spiro atoms. The molecule has 0 saturated heterocycles. The average molecular weight is 369 g/mol. The summed E-state index contributed by atoms with van der Waals surface area (Å²) in [5, 5.41) is 0. The van der Waals surface area contributed by atoms with E-state index in [1.807, 2.05) is 0 Å². The Bertz CT molecular complexity index is 626. The number of aldehydes is 1. The van der Waals surface area contributed by atoms with E-state index in [4.69, 9.17) is 0 Å². The van der Waals surface area contributed by atoms with Gasteiger partial charge >= 0.3 is 0 Å². The Hall–Kier alpha value is -0.850. The van der Waals surface area contributed by atoms with Gasteiger partial charge in [-0.25, -0.2) is 0 Å². The molecule has 0 aromatic heterocycles. The zero-order valence-electron chi connectivity index (χ0n) is 18.0. The standard InChI is InChI=1S/C26H40O/c1-17(2)8-7-9-18(3)19-11-12-21-20(19)13-14-24-25(21)22(16-27)23-10-5-6-15-26(23,24)4/h5,10,16-21,24-25H,6-9,11-15H2,1-4H3/t18-,19-,20?,21?,24?,25?,26+/m1/s1. The summed E-state index contributed by atoms with van der Waals surface area (Å²) < 4.78 is 0. The van der Waals surface area contributed by atoms with Crippen LogP contribution in [0.15, 0.2) is 23.3 Å². The van der Waals surface area contributed by atoms with Crippen LogP contribution >= 0.6 is 0 Å². The number of carbonyl (C=O) groups excluding carboxylic acids is 1. The van der Waals surface area contributed by atoms with Crippen LogP contribution in [0.1, 0.15) is 85.5 Å². The van der Waals surface area contributed by atoms with Gasteiger partial charge < -0.3 is 0 Å². The van der Waals surface area contributed by atoms with Gasteiger partial charge in [0.15, 0.2) is 0 Å². The Morgan fingerprint density at radius 2 is 1.89 bits per heavy atom. The van der Waals surface area contributed by atoms with Gasteiger partial charge in [-0.2, -0.15) is 0 Å². The molecule has 27 heavy (non-hydrogen) atoms. The minimum atomic E-state index is 0.279. The highest BCUT2D eigenvalue weighted by Gasteiger charge is 2.57. The van der Waals surface area contributed by atoms with E-state index in [2.05, 4.69) is 39.8 Å². The second-order valence-electron chi connectivity index (χ2n) is 10.9. The summed E-state index contributed by atoms with van der Waals surface area (Å²) in [6.45, 7) is 9.69. The SMILES string of the molecule is CC(C)CCC[C@@H](C)[C@H]1CCC2C3C(C=O)=C4C=CCC[C@]4(C)C3CCC21. The van der Waals surface area contributed by atoms with Crippen LogP contribution in [-0.4, -0.2) is 6.29 Å². The molecular weight excluding hydrogens is 328 g/mol. The van der Waals surface area contributed by atoms with E-state index in [1.54, 1.807) is 0 Å². The van der Waals surface area contributed by atoms with Crippen molar-refractivity contribution in [3.8, 4) is 0 Å². The smallest absolute Gasteiger partial charge is 0.146 e. The van der Waals surface area contributed by atoms with E-state index in [0.29, 0.717) is 5.92 Å². The molecule has 0 aliphatic heterocycles. The molecule has 4 rings (SSSR count). The topological polar surface area (TPSA) is 17.1 Å². The van der Waals surface area contributed by atoms with Crippen molar-refractivity contribution < 1.29 is 4.79 Å². The third kappa shape index (κ3) is 3.18. The number of hydrogen-bond donors (Lipinski definition) is 0. The summed E-state index contributed by atoms with van der Waals surface area (Å²) in [7, 11) is 0. The molecule has 7 atom stereocenters. The van der Waals surface area contributed by atoms with Gasteiger partial charge in [-0.1, -0.05) is 59.1 Å². The summed E-state index contributed by atoms with van der Waals surface area (Å²) in [6, 6.07) is 0. The fourth-order valence-corrected chi connectivity index (χ4v) is 7.83. The summed E-state index contributed by atoms with van der Waals surface area (Å²) >= 11 is 0. The monoisotopic (exact) mass is 368 g/mol. The molecule has 0 radical (unpaired) electrons. The van der Waals surface area contributed by atoms with Crippen molar-refractivity contribution in [3.63, 3.8) is 0 Å². The van der Waals surface area contributed by atoms with Crippen LogP contribution in [0, 0.1) is 46.8 Å². The van der Waals surface area contributed by atoms with E-state index in [-0.39, 0.29) is 5.41 Å². The van der Waals surface area contributed by atoms with Crippen LogP contribution in [0.5, 0.6) is 0 Å². The molecule has 2 fully saturated rings. The maximum absolute atomic E-state index is 12.2. The predicted molar refractivity (Wildman–Crippen MR) is 113 cm³/mol. The van der Waals surface area contributed by atoms with Gasteiger partial charge in [0.1, 0.15) is 6.29 Å². The van der Waals surface area contributed by atoms with Crippen molar-refractivity contribution in [2.45, 2.75) is 85.5 Å². The second-order valence-corrected chi connectivity index (χ2v) is 10.9. The molecule has 0 N–H and O–H groups in total. The number of rotatable bonds is 6. The van der Waals surface area contributed by atoms with Crippen LogP contribution in [0.3, 0.4) is 0 Å². The predicted octanol–water partition coefficient (Wildman–Crippen LogP) is 6.98. The lowest BCUT2D eigenvalue weighted by molar-refractivity contribution is -0.105. The molecule has 0 aromatic carbocycles. The first-order valence-electron chi connectivity index (χ1n) is 11.8. The molecule has 150 valence electrons. The maximum Gasteiger partial charge on any atom is 0.146 e. The van der Waals surface area contributed by atoms with Crippen LogP contribution in [0.2, 0.25) is 0 Å². The van der Waals surface area contributed by atoms with Crippen molar-refractivity contribution in [1.82, 2.24) is 0 Å². The molecule has 0 heterocycles. The summed E-state index contributed by atoms with van der Waals surface area (Å²) in [4.78, 5) is 12.2. The third-order valence-electron chi connectivity index (χ3n) is 9.16. The Kier molecular flexibility index (Phi) is 5.43. The number of hydrogen-bond acceptors (Lipinski definition) is 1. The van der Waals surface area contributed by atoms with Crippen LogP contribution in [0.4, 0.5) is 0 Å². The lowest BCUT2D eigenvalue weighted by Crippen LogP contribution is -2.39. The molecule has 4 unspecified atom stereocenters. The minimum absolute atomic E-state index is 0.279. The fraction of sp³-hybridized carbons (Fsp3) is 0.808. The quantitative estimate of drug-likeness (QED) is 0.462. The zero-order valence-corrected chi connectivity index (χ0v) is 18.0. The Labute approximate surface area is 167 Å². The van der Waals surface area contributed by atoms with Gasteiger partial charge in [0.25, 0.3) is 0 Å². The van der Waals surface area contributed by atoms with E-state index in [1.165, 1.54) is 75.2 Å². The lowest BCUT2D eigenvalue weighted by atomic mass is 9.58. The highest BCUT2D eigenvalue weighted by atomic mass is 16.1. The minimum Gasteiger partial charge on any atom is -0.298 e. The molecule has 4 aliphatic carbocycles. The van der Waals surface area contributed by atoms with E-state index < -0.39 is 0 Å². The number of fused-ring (bicyclic) bond motifs is 5. The molecule has 0 aromatic rings. The molecule has 1 heteroatoms. The number of carbonyl (C=O) groups is 1. The normalized spacial score (nSPS) is 41.4. The molecule has 4 aliphatic rings. The van der Waals surface area contributed by atoms with Gasteiger partial charge in [-0.3, -0.25) is 4.79 Å². The van der Waals surface area contributed by atoms with E-state index in [0.717, 1.165) is 35.5 Å². The van der Waals surface area contributed by atoms with E-state index >= 15 is 0 Å². The highest BCUT2D eigenvalue weighted by molar-refractivity contribution is 5.79. The molecule has 0 bridgehead atoms. The van der Waals surface area contributed by atoms with Gasteiger partial charge in [0, 0.05) is 0 Å². The summed E-state index contributed by atoms with van der Waals surface area (Å²) in [5.74, 6) is 5.56. The largest absolute Gasteiger partial charge is 0.298 e. The fourth-order valence-electron chi connectivity index (χ4n) is 7.83. The Morgan fingerprint density at radius 3 is 2.63 bits per heavy atom. The maximum atomic E-state index is 12.2. The second kappa shape index (κ2) is 7.53. The van der Waals surface area contributed by atoms with Crippen molar-refractivity contribution in [1.29, 1.82) is 0 Å². The van der Waals surface area contributed by atoms with Crippen molar-refractivity contribution in [2.24, 2.45) is 46.8 Å². The van der Waals surface area contributed by atoms with Crippen LogP contribution in [0.25, 0.3) is 0 Å². The van der Waals surface area contributed by atoms with Crippen LogP contribution < -0.4 is 0 Å².